The quantitative estimate of drug-likeness (QED) is 0.533. The highest BCUT2D eigenvalue weighted by atomic mass is 16.6. The van der Waals surface area contributed by atoms with E-state index in [4.69, 9.17) is 4.42 Å². The summed E-state index contributed by atoms with van der Waals surface area (Å²) in [5.74, 6) is 0.312. The molecule has 0 saturated heterocycles. The summed E-state index contributed by atoms with van der Waals surface area (Å²) in [4.78, 5) is 27.3. The number of fused-ring (bicyclic) bond motifs is 1. The highest BCUT2D eigenvalue weighted by Crippen LogP contribution is 2.22. The molecule has 72 valence electrons. The maximum atomic E-state index is 11.2. The zero-order valence-corrected chi connectivity index (χ0v) is 7.10. The third-order valence-electron chi connectivity index (χ3n) is 1.72. The molecule has 0 aromatic carbocycles. The van der Waals surface area contributed by atoms with Crippen LogP contribution in [0.15, 0.2) is 15.5 Å². The molecule has 0 spiro atoms. The first-order chi connectivity index (χ1) is 6.59. The Morgan fingerprint density at radius 1 is 1.64 bits per heavy atom. The van der Waals surface area contributed by atoms with E-state index < -0.39 is 10.5 Å². The van der Waals surface area contributed by atoms with Gasteiger partial charge < -0.3 is 9.40 Å². The Kier molecular flexibility index (Phi) is 1.60. The first-order valence-electron chi connectivity index (χ1n) is 3.72. The van der Waals surface area contributed by atoms with Crippen LogP contribution in [0.25, 0.3) is 11.1 Å². The molecule has 0 fully saturated rings. The Balaban J connectivity index is 2.92. The number of hydrogen-bond donors (Lipinski definition) is 1. The van der Waals surface area contributed by atoms with Gasteiger partial charge in [-0.05, 0) is 6.92 Å². The largest absolute Gasteiger partial charge is 0.449 e. The lowest BCUT2D eigenvalue weighted by Gasteiger charge is -1.90. The van der Waals surface area contributed by atoms with E-state index in [1.807, 2.05) is 0 Å². The van der Waals surface area contributed by atoms with Gasteiger partial charge in [-0.2, -0.15) is 0 Å². The summed E-state index contributed by atoms with van der Waals surface area (Å²) in [7, 11) is 0. The van der Waals surface area contributed by atoms with Crippen LogP contribution >= 0.6 is 0 Å². The number of nitrogens with one attached hydrogen (secondary N) is 1. The highest BCUT2D eigenvalue weighted by molar-refractivity contribution is 5.81. The summed E-state index contributed by atoms with van der Waals surface area (Å²) in [5.41, 5.74) is -0.951. The van der Waals surface area contributed by atoms with Crippen LogP contribution < -0.4 is 5.56 Å². The zero-order valence-electron chi connectivity index (χ0n) is 7.10. The minimum atomic E-state index is -0.641. The first-order valence-corrected chi connectivity index (χ1v) is 3.72. The van der Waals surface area contributed by atoms with Gasteiger partial charge in [-0.15, -0.1) is 0 Å². The topological polar surface area (TPSA) is 102 Å². The highest BCUT2D eigenvalue weighted by Gasteiger charge is 2.19. The van der Waals surface area contributed by atoms with Crippen molar-refractivity contribution in [2.75, 3.05) is 0 Å². The van der Waals surface area contributed by atoms with Crippen molar-refractivity contribution >= 4 is 16.8 Å². The molecule has 0 radical (unpaired) electrons. The molecule has 0 bridgehead atoms. The second-order valence-electron chi connectivity index (χ2n) is 2.71. The maximum Gasteiger partial charge on any atom is 0.333 e. The van der Waals surface area contributed by atoms with Gasteiger partial charge in [-0.1, -0.05) is 0 Å². The molecular formula is C7H5N3O4. The molecule has 7 heteroatoms. The molecule has 2 aromatic rings. The standard InChI is InChI=1S/C7H5N3O4/c1-3-8-5-4(10(12)13)2-14-6(5)7(11)9-3/h2H,1H3,(H,8,9,11). The fourth-order valence-electron chi connectivity index (χ4n) is 1.16. The number of aromatic amines is 1. The van der Waals surface area contributed by atoms with Gasteiger partial charge in [-0.25, -0.2) is 4.98 Å². The van der Waals surface area contributed by atoms with Gasteiger partial charge in [-0.3, -0.25) is 14.9 Å². The lowest BCUT2D eigenvalue weighted by molar-refractivity contribution is -0.383. The third kappa shape index (κ3) is 1.06. The van der Waals surface area contributed by atoms with Crippen molar-refractivity contribution in [2.45, 2.75) is 6.92 Å². The SMILES string of the molecule is Cc1nc2c([N+](=O)[O-])coc2c(=O)[nH]1. The van der Waals surface area contributed by atoms with Crippen LogP contribution in [0.3, 0.4) is 0 Å². The Morgan fingerprint density at radius 3 is 3.00 bits per heavy atom. The number of hydrogen-bond acceptors (Lipinski definition) is 5. The minimum Gasteiger partial charge on any atom is -0.449 e. The first kappa shape index (κ1) is 8.42. The number of nitrogens with zero attached hydrogens (tertiary/aromatic N) is 2. The Morgan fingerprint density at radius 2 is 2.36 bits per heavy atom. The fraction of sp³-hybridized carbons (Fsp3) is 0.143. The van der Waals surface area contributed by atoms with Gasteiger partial charge in [0, 0.05) is 0 Å². The van der Waals surface area contributed by atoms with E-state index in [0.717, 1.165) is 6.26 Å². The molecule has 2 aromatic heterocycles. The van der Waals surface area contributed by atoms with Gasteiger partial charge in [0.1, 0.15) is 5.82 Å². The van der Waals surface area contributed by atoms with E-state index >= 15 is 0 Å². The average Bonchev–Trinajstić information content (AvgIpc) is 2.47. The average molecular weight is 195 g/mol. The van der Waals surface area contributed by atoms with Crippen LogP contribution in [-0.2, 0) is 0 Å². The van der Waals surface area contributed by atoms with Crippen LogP contribution in [0.4, 0.5) is 5.69 Å². The molecule has 0 aliphatic rings. The summed E-state index contributed by atoms with van der Waals surface area (Å²) >= 11 is 0. The predicted octanol–water partition coefficient (Wildman–Crippen LogP) is 0.733. The van der Waals surface area contributed by atoms with E-state index in [0.29, 0.717) is 5.82 Å². The van der Waals surface area contributed by atoms with E-state index in [-0.39, 0.29) is 16.8 Å². The van der Waals surface area contributed by atoms with Gasteiger partial charge in [0.05, 0.1) is 4.92 Å². The molecule has 0 amide bonds. The van der Waals surface area contributed by atoms with Crippen molar-refractivity contribution in [3.63, 3.8) is 0 Å². The van der Waals surface area contributed by atoms with Crippen LogP contribution in [0.2, 0.25) is 0 Å². The molecule has 7 nitrogen and oxygen atoms in total. The number of furan rings is 1. The molecule has 0 saturated carbocycles. The maximum absolute atomic E-state index is 11.2. The van der Waals surface area contributed by atoms with E-state index in [1.165, 1.54) is 6.92 Å². The van der Waals surface area contributed by atoms with Crippen LogP contribution in [0.5, 0.6) is 0 Å². The van der Waals surface area contributed by atoms with Crippen molar-refractivity contribution < 1.29 is 9.34 Å². The third-order valence-corrected chi connectivity index (χ3v) is 1.72. The van der Waals surface area contributed by atoms with E-state index in [1.54, 1.807) is 0 Å². The lowest BCUT2D eigenvalue weighted by Crippen LogP contribution is -2.08. The fourth-order valence-corrected chi connectivity index (χ4v) is 1.16. The molecule has 1 N–H and O–H groups in total. The molecule has 14 heavy (non-hydrogen) atoms. The molecule has 2 rings (SSSR count). The monoisotopic (exact) mass is 195 g/mol. The molecule has 0 atom stereocenters. The summed E-state index contributed by atoms with van der Waals surface area (Å²) in [6.07, 6.45) is 0.909. The molecule has 0 aliphatic carbocycles. The van der Waals surface area contributed by atoms with Gasteiger partial charge in [0.15, 0.2) is 11.8 Å². The second kappa shape index (κ2) is 2.66. The molecule has 0 aliphatic heterocycles. The summed E-state index contributed by atoms with van der Waals surface area (Å²) in [6, 6.07) is 0. The normalized spacial score (nSPS) is 10.6. The van der Waals surface area contributed by atoms with Crippen molar-refractivity contribution in [1.29, 1.82) is 0 Å². The van der Waals surface area contributed by atoms with Gasteiger partial charge in [0.25, 0.3) is 5.56 Å². The van der Waals surface area contributed by atoms with Crippen molar-refractivity contribution in [3.05, 3.63) is 32.6 Å². The lowest BCUT2D eigenvalue weighted by atomic mass is 10.4. The van der Waals surface area contributed by atoms with Crippen LogP contribution in [-0.4, -0.2) is 14.9 Å². The number of rotatable bonds is 1. The van der Waals surface area contributed by atoms with Crippen molar-refractivity contribution in [2.24, 2.45) is 0 Å². The number of H-pyrrole nitrogens is 1. The van der Waals surface area contributed by atoms with E-state index in [9.17, 15) is 14.9 Å². The Labute approximate surface area is 76.5 Å². The van der Waals surface area contributed by atoms with Gasteiger partial charge in [0.2, 0.25) is 5.58 Å². The zero-order chi connectivity index (χ0) is 10.3. The van der Waals surface area contributed by atoms with Crippen LogP contribution in [0.1, 0.15) is 5.82 Å². The van der Waals surface area contributed by atoms with Crippen molar-refractivity contribution in [1.82, 2.24) is 9.97 Å². The number of aromatic nitrogens is 2. The smallest absolute Gasteiger partial charge is 0.333 e. The number of nitro groups is 1. The molecule has 2 heterocycles. The van der Waals surface area contributed by atoms with Crippen molar-refractivity contribution in [3.8, 4) is 0 Å². The predicted molar refractivity (Wildman–Crippen MR) is 46.0 cm³/mol. The molecule has 0 unspecified atom stereocenters. The summed E-state index contributed by atoms with van der Waals surface area (Å²) < 4.78 is 4.75. The summed E-state index contributed by atoms with van der Waals surface area (Å²) in [5, 5.41) is 10.5. The molecular weight excluding hydrogens is 190 g/mol. The Hall–Kier alpha value is -2.18. The minimum absolute atomic E-state index is 0.0174. The number of aryl methyl sites for hydroxylation is 1. The van der Waals surface area contributed by atoms with Crippen LogP contribution in [0, 0.1) is 17.0 Å². The Bertz CT molecular complexity index is 568. The summed E-state index contributed by atoms with van der Waals surface area (Å²) in [6.45, 7) is 1.54. The van der Waals surface area contributed by atoms with Gasteiger partial charge >= 0.3 is 5.69 Å². The second-order valence-corrected chi connectivity index (χ2v) is 2.71. The van der Waals surface area contributed by atoms with E-state index in [2.05, 4.69) is 9.97 Å².